The average molecular weight is 364 g/mol. The van der Waals surface area contributed by atoms with Crippen LogP contribution in [0.25, 0.3) is 0 Å². The number of amides is 2. The molecule has 0 unspecified atom stereocenters. The lowest BCUT2D eigenvalue weighted by molar-refractivity contribution is -0.138. The molecule has 0 saturated carbocycles. The quantitative estimate of drug-likeness (QED) is 0.694. The zero-order valence-corrected chi connectivity index (χ0v) is 14.7. The SMILES string of the molecule is CCOC(=O)C1=C(COC(=O)c2cc(OC)ccc2OC)NC(=O)NC1. The van der Waals surface area contributed by atoms with Crippen LogP contribution in [-0.2, 0) is 14.3 Å². The zero-order chi connectivity index (χ0) is 19.1. The van der Waals surface area contributed by atoms with Crippen molar-refractivity contribution in [3.63, 3.8) is 0 Å². The number of benzene rings is 1. The van der Waals surface area contributed by atoms with Gasteiger partial charge in [-0.3, -0.25) is 0 Å². The Balaban J connectivity index is 2.18. The summed E-state index contributed by atoms with van der Waals surface area (Å²) in [4.78, 5) is 35.9. The highest BCUT2D eigenvalue weighted by Crippen LogP contribution is 2.25. The van der Waals surface area contributed by atoms with Gasteiger partial charge in [0.15, 0.2) is 0 Å². The van der Waals surface area contributed by atoms with E-state index in [-0.39, 0.29) is 36.6 Å². The molecule has 26 heavy (non-hydrogen) atoms. The fourth-order valence-electron chi connectivity index (χ4n) is 2.26. The van der Waals surface area contributed by atoms with Crippen molar-refractivity contribution in [2.24, 2.45) is 0 Å². The zero-order valence-electron chi connectivity index (χ0n) is 14.7. The van der Waals surface area contributed by atoms with Crippen LogP contribution in [0.4, 0.5) is 4.79 Å². The minimum Gasteiger partial charge on any atom is -0.497 e. The summed E-state index contributed by atoms with van der Waals surface area (Å²) in [5.41, 5.74) is 0.518. The van der Waals surface area contributed by atoms with Crippen molar-refractivity contribution in [3.8, 4) is 11.5 Å². The molecule has 9 heteroatoms. The largest absolute Gasteiger partial charge is 0.497 e. The molecule has 0 fully saturated rings. The Morgan fingerprint density at radius 1 is 1.12 bits per heavy atom. The van der Waals surface area contributed by atoms with E-state index in [4.69, 9.17) is 18.9 Å². The monoisotopic (exact) mass is 364 g/mol. The number of rotatable bonds is 7. The summed E-state index contributed by atoms with van der Waals surface area (Å²) < 4.78 is 20.4. The van der Waals surface area contributed by atoms with Crippen LogP contribution in [-0.4, -0.2) is 51.9 Å². The molecule has 2 amide bonds. The van der Waals surface area contributed by atoms with Crippen LogP contribution in [0.5, 0.6) is 11.5 Å². The second-order valence-corrected chi connectivity index (χ2v) is 5.13. The Hall–Kier alpha value is -3.23. The first-order chi connectivity index (χ1) is 12.5. The summed E-state index contributed by atoms with van der Waals surface area (Å²) in [5, 5.41) is 4.93. The molecule has 0 aromatic heterocycles. The summed E-state index contributed by atoms with van der Waals surface area (Å²) in [6, 6.07) is 4.20. The molecule has 1 aliphatic heterocycles. The minimum absolute atomic E-state index is 0.0139. The lowest BCUT2D eigenvalue weighted by Gasteiger charge is -2.21. The summed E-state index contributed by atoms with van der Waals surface area (Å²) in [7, 11) is 2.89. The van der Waals surface area contributed by atoms with Crippen molar-refractivity contribution in [3.05, 3.63) is 35.0 Å². The van der Waals surface area contributed by atoms with E-state index in [1.165, 1.54) is 20.3 Å². The summed E-state index contributed by atoms with van der Waals surface area (Å²) in [6.07, 6.45) is 0. The number of urea groups is 1. The molecule has 0 aliphatic carbocycles. The number of methoxy groups -OCH3 is 2. The second-order valence-electron chi connectivity index (χ2n) is 5.13. The molecule has 0 radical (unpaired) electrons. The molecule has 9 nitrogen and oxygen atoms in total. The van der Waals surface area contributed by atoms with Crippen LogP contribution in [0.1, 0.15) is 17.3 Å². The molecule has 0 saturated heterocycles. The number of carbonyl (C=O) groups excluding carboxylic acids is 3. The smallest absolute Gasteiger partial charge is 0.342 e. The Kier molecular flexibility index (Phi) is 6.42. The van der Waals surface area contributed by atoms with Gasteiger partial charge in [0.2, 0.25) is 0 Å². The number of nitrogens with one attached hydrogen (secondary N) is 2. The third kappa shape index (κ3) is 4.44. The molecule has 1 aliphatic rings. The van der Waals surface area contributed by atoms with Gasteiger partial charge in [-0.1, -0.05) is 0 Å². The molecule has 1 aromatic rings. The molecule has 2 N–H and O–H groups in total. The third-order valence-corrected chi connectivity index (χ3v) is 3.55. The van der Waals surface area contributed by atoms with Crippen molar-refractivity contribution in [2.75, 3.05) is 34.0 Å². The van der Waals surface area contributed by atoms with Gasteiger partial charge >= 0.3 is 18.0 Å². The van der Waals surface area contributed by atoms with E-state index in [1.807, 2.05) is 0 Å². The number of hydrogen-bond acceptors (Lipinski definition) is 7. The molecule has 0 atom stereocenters. The maximum absolute atomic E-state index is 12.4. The Morgan fingerprint density at radius 2 is 1.88 bits per heavy atom. The Bertz CT molecular complexity index is 743. The maximum Gasteiger partial charge on any atom is 0.342 e. The maximum atomic E-state index is 12.4. The number of hydrogen-bond donors (Lipinski definition) is 2. The van der Waals surface area contributed by atoms with Crippen molar-refractivity contribution in [2.45, 2.75) is 6.92 Å². The molecule has 0 bridgehead atoms. The first-order valence-electron chi connectivity index (χ1n) is 7.83. The lowest BCUT2D eigenvalue weighted by Crippen LogP contribution is -2.45. The standard InChI is InChI=1S/C17H20N2O7/c1-4-25-16(21)12-8-18-17(22)19-13(12)9-26-15(20)11-7-10(23-2)5-6-14(11)24-3/h5-7H,4,8-9H2,1-3H3,(H2,18,19,22). The van der Waals surface area contributed by atoms with E-state index in [0.29, 0.717) is 11.5 Å². The van der Waals surface area contributed by atoms with Gasteiger partial charge in [-0.05, 0) is 25.1 Å². The van der Waals surface area contributed by atoms with Gasteiger partial charge in [-0.15, -0.1) is 0 Å². The van der Waals surface area contributed by atoms with Crippen LogP contribution in [0, 0.1) is 0 Å². The average Bonchev–Trinajstić information content (AvgIpc) is 2.65. The number of esters is 2. The highest BCUT2D eigenvalue weighted by Gasteiger charge is 2.25. The molecular weight excluding hydrogens is 344 g/mol. The Morgan fingerprint density at radius 3 is 2.54 bits per heavy atom. The molecule has 1 heterocycles. The van der Waals surface area contributed by atoms with Crippen molar-refractivity contribution < 1.29 is 33.3 Å². The number of carbonyl (C=O) groups is 3. The van der Waals surface area contributed by atoms with E-state index >= 15 is 0 Å². The van der Waals surface area contributed by atoms with Crippen LogP contribution in [0.2, 0.25) is 0 Å². The van der Waals surface area contributed by atoms with E-state index in [1.54, 1.807) is 19.1 Å². The van der Waals surface area contributed by atoms with Crippen LogP contribution in [0.3, 0.4) is 0 Å². The molecule has 140 valence electrons. The third-order valence-electron chi connectivity index (χ3n) is 3.55. The lowest BCUT2D eigenvalue weighted by atomic mass is 10.1. The fraction of sp³-hybridized carbons (Fsp3) is 0.353. The number of ether oxygens (including phenoxy) is 4. The Labute approximate surface area is 150 Å². The van der Waals surface area contributed by atoms with E-state index in [9.17, 15) is 14.4 Å². The highest BCUT2D eigenvalue weighted by atomic mass is 16.5. The molecule has 2 rings (SSSR count). The molecule has 0 spiro atoms. The van der Waals surface area contributed by atoms with Gasteiger partial charge in [-0.2, -0.15) is 0 Å². The summed E-state index contributed by atoms with van der Waals surface area (Å²) in [5.74, 6) is -0.515. The second kappa shape index (κ2) is 8.75. The van der Waals surface area contributed by atoms with Gasteiger partial charge < -0.3 is 29.6 Å². The van der Waals surface area contributed by atoms with Crippen molar-refractivity contribution >= 4 is 18.0 Å². The molecule has 1 aromatic carbocycles. The first-order valence-corrected chi connectivity index (χ1v) is 7.83. The van der Waals surface area contributed by atoms with E-state index < -0.39 is 18.0 Å². The molecular formula is C17H20N2O7. The van der Waals surface area contributed by atoms with Crippen molar-refractivity contribution in [1.82, 2.24) is 10.6 Å². The fourth-order valence-corrected chi connectivity index (χ4v) is 2.26. The van der Waals surface area contributed by atoms with Crippen LogP contribution in [0.15, 0.2) is 29.5 Å². The summed E-state index contributed by atoms with van der Waals surface area (Å²) >= 11 is 0. The van der Waals surface area contributed by atoms with Gasteiger partial charge in [-0.25, -0.2) is 14.4 Å². The highest BCUT2D eigenvalue weighted by molar-refractivity contribution is 5.95. The van der Waals surface area contributed by atoms with Gasteiger partial charge in [0.1, 0.15) is 23.7 Å². The first kappa shape index (κ1) is 19.1. The minimum atomic E-state index is -0.691. The predicted octanol–water partition coefficient (Wildman–Crippen LogP) is 0.991. The summed E-state index contributed by atoms with van der Waals surface area (Å²) in [6.45, 7) is 1.53. The van der Waals surface area contributed by atoms with E-state index in [0.717, 1.165) is 0 Å². The van der Waals surface area contributed by atoms with Gasteiger partial charge in [0, 0.05) is 0 Å². The van der Waals surface area contributed by atoms with Crippen molar-refractivity contribution in [1.29, 1.82) is 0 Å². The van der Waals surface area contributed by atoms with Crippen LogP contribution < -0.4 is 20.1 Å². The van der Waals surface area contributed by atoms with Gasteiger partial charge in [0.25, 0.3) is 0 Å². The normalized spacial score (nSPS) is 13.4. The van der Waals surface area contributed by atoms with E-state index in [2.05, 4.69) is 10.6 Å². The van der Waals surface area contributed by atoms with Gasteiger partial charge in [0.05, 0.1) is 38.6 Å². The van der Waals surface area contributed by atoms with Crippen LogP contribution >= 0.6 is 0 Å². The topological polar surface area (TPSA) is 112 Å². The predicted molar refractivity (Wildman–Crippen MR) is 90.0 cm³/mol.